The van der Waals surface area contributed by atoms with Gasteiger partial charge in [0.2, 0.25) is 6.79 Å². The molecule has 0 aromatic heterocycles. The average Bonchev–Trinajstić information content (AvgIpc) is 2.81. The van der Waals surface area contributed by atoms with Crippen molar-refractivity contribution >= 4 is 11.6 Å². The number of ether oxygens (including phenoxy) is 2. The molecule has 0 radical (unpaired) electrons. The lowest BCUT2D eigenvalue weighted by Crippen LogP contribution is -2.25. The number of hydrogen-bond acceptors (Lipinski definition) is 3. The van der Waals surface area contributed by atoms with Crippen LogP contribution in [0.3, 0.4) is 0 Å². The zero-order valence-electron chi connectivity index (χ0n) is 9.88. The lowest BCUT2D eigenvalue weighted by atomic mass is 9.96. The number of rotatable bonds is 3. The molecule has 0 amide bonds. The summed E-state index contributed by atoms with van der Waals surface area (Å²) in [6.45, 7) is 2.38. The highest BCUT2D eigenvalue weighted by Gasteiger charge is 2.39. The molecule has 1 saturated carbocycles. The number of benzene rings is 1. The van der Waals surface area contributed by atoms with Gasteiger partial charge in [0.05, 0.1) is 5.02 Å². The van der Waals surface area contributed by atoms with Crippen molar-refractivity contribution in [2.24, 2.45) is 5.73 Å². The second kappa shape index (κ2) is 3.79. The van der Waals surface area contributed by atoms with E-state index in [9.17, 15) is 0 Å². The van der Waals surface area contributed by atoms with Crippen molar-refractivity contribution in [1.29, 1.82) is 0 Å². The predicted molar refractivity (Wildman–Crippen MR) is 66.8 cm³/mol. The largest absolute Gasteiger partial charge is 0.453 e. The van der Waals surface area contributed by atoms with Crippen LogP contribution < -0.4 is 15.2 Å². The van der Waals surface area contributed by atoms with Crippen LogP contribution in [-0.2, 0) is 12.8 Å². The first-order chi connectivity index (χ1) is 8.13. The zero-order valence-corrected chi connectivity index (χ0v) is 10.6. The van der Waals surface area contributed by atoms with E-state index in [1.165, 1.54) is 11.1 Å². The second-order valence-electron chi connectivity index (χ2n) is 4.95. The summed E-state index contributed by atoms with van der Waals surface area (Å²) in [6, 6.07) is 1.99. The highest BCUT2D eigenvalue weighted by molar-refractivity contribution is 6.32. The Kier molecular flexibility index (Phi) is 2.49. The highest BCUT2D eigenvalue weighted by Crippen LogP contribution is 2.46. The van der Waals surface area contributed by atoms with Crippen molar-refractivity contribution in [3.63, 3.8) is 0 Å². The predicted octanol–water partition coefficient (Wildman–Crippen LogP) is 2.66. The van der Waals surface area contributed by atoms with E-state index in [-0.39, 0.29) is 12.3 Å². The summed E-state index contributed by atoms with van der Waals surface area (Å²) in [4.78, 5) is 0. The van der Waals surface area contributed by atoms with Crippen molar-refractivity contribution in [2.75, 3.05) is 6.79 Å². The van der Waals surface area contributed by atoms with Crippen LogP contribution in [0.15, 0.2) is 6.07 Å². The van der Waals surface area contributed by atoms with Crippen molar-refractivity contribution in [3.8, 4) is 11.5 Å². The summed E-state index contributed by atoms with van der Waals surface area (Å²) in [5.41, 5.74) is 8.57. The maximum atomic E-state index is 6.21. The first kappa shape index (κ1) is 11.2. The summed E-state index contributed by atoms with van der Waals surface area (Å²) in [5.74, 6) is 1.51. The van der Waals surface area contributed by atoms with Gasteiger partial charge in [0.25, 0.3) is 0 Å². The maximum absolute atomic E-state index is 6.21. The summed E-state index contributed by atoms with van der Waals surface area (Å²) in [5, 5.41) is 0.633. The van der Waals surface area contributed by atoms with E-state index in [0.717, 1.165) is 31.4 Å². The first-order valence-electron chi connectivity index (χ1n) is 6.02. The van der Waals surface area contributed by atoms with Crippen LogP contribution in [0.4, 0.5) is 0 Å². The lowest BCUT2D eigenvalue weighted by Gasteiger charge is -2.15. The summed E-state index contributed by atoms with van der Waals surface area (Å²) < 4.78 is 10.9. The van der Waals surface area contributed by atoms with Crippen molar-refractivity contribution < 1.29 is 9.47 Å². The van der Waals surface area contributed by atoms with Crippen LogP contribution in [0.1, 0.15) is 30.9 Å². The molecule has 1 aliphatic carbocycles. The van der Waals surface area contributed by atoms with Crippen LogP contribution in [0.25, 0.3) is 0 Å². The van der Waals surface area contributed by atoms with Gasteiger partial charge in [-0.1, -0.05) is 18.5 Å². The minimum Gasteiger partial charge on any atom is -0.453 e. The Balaban J connectivity index is 2.05. The molecule has 2 N–H and O–H groups in total. The molecule has 1 heterocycles. The van der Waals surface area contributed by atoms with E-state index in [1.807, 2.05) is 6.07 Å². The minimum atomic E-state index is -0.0129. The third-order valence-corrected chi connectivity index (χ3v) is 3.86. The molecule has 1 aromatic carbocycles. The van der Waals surface area contributed by atoms with Gasteiger partial charge in [-0.05, 0) is 37.3 Å². The van der Waals surface area contributed by atoms with E-state index in [4.69, 9.17) is 26.8 Å². The van der Waals surface area contributed by atoms with Gasteiger partial charge in [-0.25, -0.2) is 0 Å². The molecule has 3 nitrogen and oxygen atoms in total. The topological polar surface area (TPSA) is 44.5 Å². The molecular weight excluding hydrogens is 238 g/mol. The summed E-state index contributed by atoms with van der Waals surface area (Å²) >= 11 is 6.21. The molecular formula is C13H16ClNO2. The molecule has 92 valence electrons. The standard InChI is InChI=1S/C13H16ClNO2/c1-2-9-8(6-13(15)3-4-13)5-10(14)12-11(9)16-7-17-12/h5H,2-4,6-7,15H2,1H3. The smallest absolute Gasteiger partial charge is 0.231 e. The Hall–Kier alpha value is -0.930. The second-order valence-corrected chi connectivity index (χ2v) is 5.36. The zero-order chi connectivity index (χ0) is 12.0. The fourth-order valence-corrected chi connectivity index (χ4v) is 2.67. The third kappa shape index (κ3) is 1.87. The Morgan fingerprint density at radius 2 is 2.06 bits per heavy atom. The van der Waals surface area contributed by atoms with E-state index in [1.54, 1.807) is 0 Å². The molecule has 3 rings (SSSR count). The van der Waals surface area contributed by atoms with Gasteiger partial charge in [0.15, 0.2) is 11.5 Å². The van der Waals surface area contributed by atoms with Gasteiger partial charge < -0.3 is 15.2 Å². The van der Waals surface area contributed by atoms with Gasteiger partial charge in [0.1, 0.15) is 0 Å². The maximum Gasteiger partial charge on any atom is 0.231 e. The fraction of sp³-hybridized carbons (Fsp3) is 0.538. The first-order valence-corrected chi connectivity index (χ1v) is 6.39. The third-order valence-electron chi connectivity index (χ3n) is 3.58. The fourth-order valence-electron chi connectivity index (χ4n) is 2.39. The van der Waals surface area contributed by atoms with Crippen LogP contribution in [0.5, 0.6) is 11.5 Å². The number of nitrogens with two attached hydrogens (primary N) is 1. The normalized spacial score (nSPS) is 19.5. The van der Waals surface area contributed by atoms with Gasteiger partial charge >= 0.3 is 0 Å². The van der Waals surface area contributed by atoms with Crippen LogP contribution in [-0.4, -0.2) is 12.3 Å². The van der Waals surface area contributed by atoms with Gasteiger partial charge in [0, 0.05) is 11.1 Å². The molecule has 1 aromatic rings. The molecule has 0 saturated heterocycles. The van der Waals surface area contributed by atoms with Gasteiger partial charge in [-0.3, -0.25) is 0 Å². The van der Waals surface area contributed by atoms with Crippen LogP contribution >= 0.6 is 11.6 Å². The van der Waals surface area contributed by atoms with Crippen LogP contribution in [0, 0.1) is 0 Å². The van der Waals surface area contributed by atoms with Crippen molar-refractivity contribution in [2.45, 2.75) is 38.1 Å². The summed E-state index contributed by atoms with van der Waals surface area (Å²) in [6.07, 6.45) is 3.99. The Labute approximate surface area is 106 Å². The quantitative estimate of drug-likeness (QED) is 0.901. The van der Waals surface area contributed by atoms with E-state index in [0.29, 0.717) is 10.8 Å². The molecule has 4 heteroatoms. The molecule has 1 fully saturated rings. The molecule has 17 heavy (non-hydrogen) atoms. The summed E-state index contributed by atoms with van der Waals surface area (Å²) in [7, 11) is 0. The minimum absolute atomic E-state index is 0.0129. The number of halogens is 1. The van der Waals surface area contributed by atoms with E-state index < -0.39 is 0 Å². The van der Waals surface area contributed by atoms with Gasteiger partial charge in [-0.2, -0.15) is 0 Å². The average molecular weight is 254 g/mol. The van der Waals surface area contributed by atoms with E-state index in [2.05, 4.69) is 6.92 Å². The van der Waals surface area contributed by atoms with Crippen molar-refractivity contribution in [3.05, 3.63) is 22.2 Å². The molecule has 0 spiro atoms. The Morgan fingerprint density at radius 1 is 1.35 bits per heavy atom. The Morgan fingerprint density at radius 3 is 2.71 bits per heavy atom. The number of hydrogen-bond donors (Lipinski definition) is 1. The lowest BCUT2D eigenvalue weighted by molar-refractivity contribution is 0.173. The molecule has 2 aliphatic rings. The molecule has 0 bridgehead atoms. The molecule has 1 aliphatic heterocycles. The SMILES string of the molecule is CCc1c(CC2(N)CC2)cc(Cl)c2c1OCO2. The molecule has 0 atom stereocenters. The monoisotopic (exact) mass is 253 g/mol. The number of fused-ring (bicyclic) bond motifs is 1. The molecule has 0 unspecified atom stereocenters. The van der Waals surface area contributed by atoms with Crippen molar-refractivity contribution in [1.82, 2.24) is 0 Å². The van der Waals surface area contributed by atoms with Gasteiger partial charge in [-0.15, -0.1) is 0 Å². The van der Waals surface area contributed by atoms with Crippen LogP contribution in [0.2, 0.25) is 5.02 Å². The highest BCUT2D eigenvalue weighted by atomic mass is 35.5. The Bertz CT molecular complexity index is 469. The van der Waals surface area contributed by atoms with E-state index >= 15 is 0 Å².